The minimum atomic E-state index is -0.208. The van der Waals surface area contributed by atoms with Gasteiger partial charge in [0, 0.05) is 12.6 Å². The van der Waals surface area contributed by atoms with Gasteiger partial charge in [0.1, 0.15) is 11.4 Å². The zero-order valence-corrected chi connectivity index (χ0v) is 19.2. The van der Waals surface area contributed by atoms with Crippen LogP contribution in [0.5, 0.6) is 11.5 Å². The lowest BCUT2D eigenvalue weighted by atomic mass is 10.1. The minimum absolute atomic E-state index is 0.208. The highest BCUT2D eigenvalue weighted by Crippen LogP contribution is 2.28. The third-order valence-corrected chi connectivity index (χ3v) is 5.44. The Kier molecular flexibility index (Phi) is 6.49. The topological polar surface area (TPSA) is 78.5 Å². The SMILES string of the molecule is COc1ccc(CCNC(=O)c2cc(-c3ccco3)nn2-c2ccc(C)cc2C)cc1OC. The molecule has 2 heterocycles. The molecule has 1 amide bonds. The summed E-state index contributed by atoms with van der Waals surface area (Å²) in [6.07, 6.45) is 2.24. The lowest BCUT2D eigenvalue weighted by molar-refractivity contribution is 0.0946. The lowest BCUT2D eigenvalue weighted by Gasteiger charge is -2.12. The smallest absolute Gasteiger partial charge is 0.270 e. The molecule has 0 spiro atoms. The van der Waals surface area contributed by atoms with Crippen molar-refractivity contribution in [2.75, 3.05) is 20.8 Å². The number of carbonyl (C=O) groups excluding carboxylic acids is 1. The van der Waals surface area contributed by atoms with Gasteiger partial charge in [-0.1, -0.05) is 23.8 Å². The molecule has 1 N–H and O–H groups in total. The molecule has 0 aliphatic heterocycles. The molecular formula is C26H27N3O4. The molecule has 33 heavy (non-hydrogen) atoms. The van der Waals surface area contributed by atoms with Crippen molar-refractivity contribution >= 4 is 5.91 Å². The van der Waals surface area contributed by atoms with Crippen molar-refractivity contribution in [3.05, 3.63) is 83.2 Å². The number of nitrogens with zero attached hydrogens (tertiary/aromatic N) is 2. The van der Waals surface area contributed by atoms with Gasteiger partial charge < -0.3 is 19.2 Å². The molecule has 0 unspecified atom stereocenters. The number of aryl methyl sites for hydroxylation is 2. The van der Waals surface area contributed by atoms with Crippen LogP contribution in [0, 0.1) is 13.8 Å². The Morgan fingerprint density at radius 3 is 2.55 bits per heavy atom. The van der Waals surface area contributed by atoms with Gasteiger partial charge in [0.05, 0.1) is 26.2 Å². The van der Waals surface area contributed by atoms with Gasteiger partial charge in [0.15, 0.2) is 17.3 Å². The van der Waals surface area contributed by atoms with Crippen LogP contribution in [0.4, 0.5) is 0 Å². The summed E-state index contributed by atoms with van der Waals surface area (Å²) in [6, 6.07) is 17.2. The van der Waals surface area contributed by atoms with E-state index in [2.05, 4.69) is 16.5 Å². The second kappa shape index (κ2) is 9.65. The van der Waals surface area contributed by atoms with Crippen LogP contribution < -0.4 is 14.8 Å². The van der Waals surface area contributed by atoms with Gasteiger partial charge in [-0.05, 0) is 61.7 Å². The van der Waals surface area contributed by atoms with Gasteiger partial charge in [0.25, 0.3) is 5.91 Å². The third kappa shape index (κ3) is 4.77. The van der Waals surface area contributed by atoms with Crippen LogP contribution in [0.1, 0.15) is 27.2 Å². The van der Waals surface area contributed by atoms with E-state index in [-0.39, 0.29) is 5.91 Å². The highest BCUT2D eigenvalue weighted by molar-refractivity contribution is 5.94. The molecule has 0 radical (unpaired) electrons. The standard InChI is InChI=1S/C26H27N3O4/c1-17-7-9-21(18(2)14-17)29-22(16-20(28-29)23-6-5-13-33-23)26(30)27-12-11-19-8-10-24(31-3)25(15-19)32-4/h5-10,13-16H,11-12H2,1-4H3,(H,27,30). The maximum atomic E-state index is 13.2. The number of benzene rings is 2. The van der Waals surface area contributed by atoms with Gasteiger partial charge in [-0.25, -0.2) is 4.68 Å². The minimum Gasteiger partial charge on any atom is -0.493 e. The van der Waals surface area contributed by atoms with Gasteiger partial charge in [-0.3, -0.25) is 4.79 Å². The molecule has 0 fully saturated rings. The molecule has 2 aromatic heterocycles. The molecule has 2 aromatic carbocycles. The number of nitrogens with one attached hydrogen (secondary N) is 1. The van der Waals surface area contributed by atoms with E-state index in [4.69, 9.17) is 13.9 Å². The summed E-state index contributed by atoms with van der Waals surface area (Å²) < 4.78 is 17.8. The van der Waals surface area contributed by atoms with Crippen molar-refractivity contribution in [1.82, 2.24) is 15.1 Å². The van der Waals surface area contributed by atoms with Crippen LogP contribution in [0.2, 0.25) is 0 Å². The second-order valence-corrected chi connectivity index (χ2v) is 7.79. The van der Waals surface area contributed by atoms with E-state index in [0.717, 1.165) is 22.4 Å². The Hall–Kier alpha value is -4.00. The number of hydrogen-bond donors (Lipinski definition) is 1. The van der Waals surface area contributed by atoms with Crippen LogP contribution in [-0.4, -0.2) is 36.5 Å². The van der Waals surface area contributed by atoms with Crippen LogP contribution >= 0.6 is 0 Å². The Morgan fingerprint density at radius 1 is 1.03 bits per heavy atom. The first-order chi connectivity index (χ1) is 16.0. The fourth-order valence-electron chi connectivity index (χ4n) is 3.76. The largest absolute Gasteiger partial charge is 0.493 e. The van der Waals surface area contributed by atoms with Gasteiger partial charge >= 0.3 is 0 Å². The first-order valence-electron chi connectivity index (χ1n) is 10.7. The summed E-state index contributed by atoms with van der Waals surface area (Å²) in [4.78, 5) is 13.2. The third-order valence-electron chi connectivity index (χ3n) is 5.44. The average Bonchev–Trinajstić information content (AvgIpc) is 3.49. The van der Waals surface area contributed by atoms with E-state index >= 15 is 0 Å². The van der Waals surface area contributed by atoms with Crippen LogP contribution in [0.15, 0.2) is 65.3 Å². The number of aromatic nitrogens is 2. The van der Waals surface area contributed by atoms with Crippen molar-refractivity contribution in [3.63, 3.8) is 0 Å². The van der Waals surface area contributed by atoms with Gasteiger partial charge in [-0.15, -0.1) is 0 Å². The average molecular weight is 446 g/mol. The van der Waals surface area contributed by atoms with Gasteiger partial charge in [-0.2, -0.15) is 5.10 Å². The quantitative estimate of drug-likeness (QED) is 0.424. The predicted molar refractivity (Wildman–Crippen MR) is 126 cm³/mol. The molecule has 7 heteroatoms. The monoisotopic (exact) mass is 445 g/mol. The predicted octanol–water partition coefficient (Wildman–Crippen LogP) is 4.74. The Morgan fingerprint density at radius 2 is 1.85 bits per heavy atom. The van der Waals surface area contributed by atoms with E-state index in [0.29, 0.717) is 41.6 Å². The Bertz CT molecular complexity index is 1260. The molecular weight excluding hydrogens is 418 g/mol. The maximum Gasteiger partial charge on any atom is 0.270 e. The second-order valence-electron chi connectivity index (χ2n) is 7.79. The Balaban J connectivity index is 1.56. The molecule has 0 saturated carbocycles. The molecule has 4 rings (SSSR count). The van der Waals surface area contributed by atoms with Gasteiger partial charge in [0.2, 0.25) is 0 Å². The van der Waals surface area contributed by atoms with E-state index < -0.39 is 0 Å². The van der Waals surface area contributed by atoms with Crippen molar-refractivity contribution in [2.45, 2.75) is 20.3 Å². The summed E-state index contributed by atoms with van der Waals surface area (Å²) in [5.74, 6) is 1.74. The molecule has 7 nitrogen and oxygen atoms in total. The van der Waals surface area contributed by atoms with Crippen LogP contribution in [-0.2, 0) is 6.42 Å². The molecule has 0 saturated heterocycles. The zero-order valence-electron chi connectivity index (χ0n) is 19.2. The van der Waals surface area contributed by atoms with E-state index in [1.165, 1.54) is 0 Å². The molecule has 170 valence electrons. The zero-order chi connectivity index (χ0) is 23.4. The van der Waals surface area contributed by atoms with Crippen molar-refractivity contribution < 1.29 is 18.7 Å². The number of hydrogen-bond acceptors (Lipinski definition) is 5. The summed E-state index contributed by atoms with van der Waals surface area (Å²) in [6.45, 7) is 4.51. The number of carbonyl (C=O) groups is 1. The Labute approximate surface area is 192 Å². The van der Waals surface area contributed by atoms with E-state index in [1.54, 1.807) is 37.3 Å². The summed E-state index contributed by atoms with van der Waals surface area (Å²) in [5, 5.41) is 7.68. The van der Waals surface area contributed by atoms with Crippen molar-refractivity contribution in [2.24, 2.45) is 0 Å². The summed E-state index contributed by atoms with van der Waals surface area (Å²) in [7, 11) is 3.21. The first kappa shape index (κ1) is 22.2. The fraction of sp³-hybridized carbons (Fsp3) is 0.231. The molecule has 0 aliphatic rings. The van der Waals surface area contributed by atoms with E-state index in [9.17, 15) is 4.79 Å². The summed E-state index contributed by atoms with van der Waals surface area (Å²) >= 11 is 0. The first-order valence-corrected chi connectivity index (χ1v) is 10.7. The number of methoxy groups -OCH3 is 2. The maximum absolute atomic E-state index is 13.2. The molecule has 0 bridgehead atoms. The van der Waals surface area contributed by atoms with Crippen molar-refractivity contribution in [1.29, 1.82) is 0 Å². The number of rotatable bonds is 8. The van der Waals surface area contributed by atoms with Crippen LogP contribution in [0.25, 0.3) is 17.1 Å². The number of furan rings is 1. The number of amides is 1. The number of ether oxygens (including phenoxy) is 2. The highest BCUT2D eigenvalue weighted by atomic mass is 16.5. The highest BCUT2D eigenvalue weighted by Gasteiger charge is 2.19. The summed E-state index contributed by atoms with van der Waals surface area (Å²) in [5.41, 5.74) is 5.11. The lowest BCUT2D eigenvalue weighted by Crippen LogP contribution is -2.28. The molecule has 0 atom stereocenters. The van der Waals surface area contributed by atoms with Crippen LogP contribution in [0.3, 0.4) is 0 Å². The van der Waals surface area contributed by atoms with Crippen molar-refractivity contribution in [3.8, 4) is 28.6 Å². The van der Waals surface area contributed by atoms with E-state index in [1.807, 2.05) is 50.2 Å². The fourth-order valence-corrected chi connectivity index (χ4v) is 3.76. The molecule has 0 aliphatic carbocycles. The molecule has 4 aromatic rings. The normalized spacial score (nSPS) is 10.8.